The Morgan fingerprint density at radius 3 is 2.83 bits per heavy atom. The van der Waals surface area contributed by atoms with Crippen molar-refractivity contribution in [1.29, 1.82) is 0 Å². The van der Waals surface area contributed by atoms with Crippen LogP contribution in [0.1, 0.15) is 5.69 Å². The average molecular weight is 225 g/mol. The smallest absolute Gasteiger partial charge is 0.0823 e. The van der Waals surface area contributed by atoms with Crippen molar-refractivity contribution < 1.29 is 0 Å². The molecule has 0 saturated heterocycles. The lowest BCUT2D eigenvalue weighted by molar-refractivity contribution is 0.782. The van der Waals surface area contributed by atoms with Gasteiger partial charge in [-0.3, -0.25) is 4.68 Å². The zero-order chi connectivity index (χ0) is 8.72. The SMILES string of the molecule is Cc1nn(C)c2c(Br)cccc12. The quantitative estimate of drug-likeness (QED) is 0.673. The summed E-state index contributed by atoms with van der Waals surface area (Å²) < 4.78 is 3.00. The summed E-state index contributed by atoms with van der Waals surface area (Å²) in [6.45, 7) is 2.02. The summed E-state index contributed by atoms with van der Waals surface area (Å²) in [7, 11) is 1.96. The number of aryl methyl sites for hydroxylation is 2. The highest BCUT2D eigenvalue weighted by Gasteiger charge is 2.05. The summed E-state index contributed by atoms with van der Waals surface area (Å²) in [5.41, 5.74) is 2.24. The van der Waals surface area contributed by atoms with E-state index in [0.717, 1.165) is 15.7 Å². The molecule has 0 saturated carbocycles. The third-order valence-electron chi connectivity index (χ3n) is 2.00. The van der Waals surface area contributed by atoms with Gasteiger partial charge < -0.3 is 0 Å². The number of fused-ring (bicyclic) bond motifs is 1. The van der Waals surface area contributed by atoms with E-state index in [2.05, 4.69) is 27.1 Å². The Kier molecular flexibility index (Phi) is 1.68. The minimum atomic E-state index is 1.08. The van der Waals surface area contributed by atoms with Gasteiger partial charge >= 0.3 is 0 Å². The Hall–Kier alpha value is -0.830. The Balaban J connectivity index is 2.99. The van der Waals surface area contributed by atoms with Gasteiger partial charge in [0.05, 0.1) is 11.2 Å². The molecule has 2 aromatic rings. The van der Waals surface area contributed by atoms with Gasteiger partial charge in [-0.05, 0) is 28.9 Å². The maximum absolute atomic E-state index is 4.34. The molecule has 0 fully saturated rings. The maximum Gasteiger partial charge on any atom is 0.0823 e. The third kappa shape index (κ3) is 0.966. The van der Waals surface area contributed by atoms with Crippen LogP contribution in [-0.2, 0) is 7.05 Å². The largest absolute Gasteiger partial charge is 0.267 e. The molecule has 0 aliphatic heterocycles. The van der Waals surface area contributed by atoms with Crippen molar-refractivity contribution in [3.63, 3.8) is 0 Å². The van der Waals surface area contributed by atoms with Gasteiger partial charge in [-0.1, -0.05) is 12.1 Å². The summed E-state index contributed by atoms with van der Waals surface area (Å²) in [6, 6.07) is 6.15. The molecule has 1 aromatic heterocycles. The molecule has 0 atom stereocenters. The number of halogens is 1. The van der Waals surface area contributed by atoms with Crippen molar-refractivity contribution in [1.82, 2.24) is 9.78 Å². The minimum Gasteiger partial charge on any atom is -0.267 e. The number of hydrogen-bond donors (Lipinski definition) is 0. The molecule has 1 heterocycles. The van der Waals surface area contributed by atoms with Crippen molar-refractivity contribution in [2.24, 2.45) is 7.05 Å². The third-order valence-corrected chi connectivity index (χ3v) is 2.64. The van der Waals surface area contributed by atoms with Crippen LogP contribution in [0.15, 0.2) is 22.7 Å². The molecule has 0 unspecified atom stereocenters. The minimum absolute atomic E-state index is 1.08. The normalized spacial score (nSPS) is 10.9. The van der Waals surface area contributed by atoms with Crippen molar-refractivity contribution in [3.8, 4) is 0 Å². The number of hydrogen-bond acceptors (Lipinski definition) is 1. The average Bonchev–Trinajstić information content (AvgIpc) is 2.29. The summed E-state index contributed by atoms with van der Waals surface area (Å²) in [4.78, 5) is 0. The van der Waals surface area contributed by atoms with E-state index in [1.54, 1.807) is 0 Å². The highest BCUT2D eigenvalue weighted by Crippen LogP contribution is 2.24. The van der Waals surface area contributed by atoms with Crippen LogP contribution >= 0.6 is 15.9 Å². The standard InChI is InChI=1S/C9H9BrN2/c1-6-7-4-3-5-8(10)9(7)12(2)11-6/h3-5H,1-2H3. The predicted molar refractivity (Wildman–Crippen MR) is 53.2 cm³/mol. The van der Waals surface area contributed by atoms with Crippen LogP contribution in [0.4, 0.5) is 0 Å². The van der Waals surface area contributed by atoms with Crippen LogP contribution < -0.4 is 0 Å². The zero-order valence-corrected chi connectivity index (χ0v) is 8.59. The van der Waals surface area contributed by atoms with Crippen LogP contribution in [0, 0.1) is 6.92 Å². The van der Waals surface area contributed by atoms with Crippen molar-refractivity contribution in [2.45, 2.75) is 6.92 Å². The number of para-hydroxylation sites is 1. The van der Waals surface area contributed by atoms with Gasteiger partial charge in [0, 0.05) is 16.9 Å². The maximum atomic E-state index is 4.34. The van der Waals surface area contributed by atoms with E-state index in [1.807, 2.05) is 30.8 Å². The van der Waals surface area contributed by atoms with Crippen LogP contribution in [-0.4, -0.2) is 9.78 Å². The molecule has 0 aliphatic carbocycles. The van der Waals surface area contributed by atoms with Crippen molar-refractivity contribution in [2.75, 3.05) is 0 Å². The molecular weight excluding hydrogens is 216 g/mol. The second-order valence-electron chi connectivity index (χ2n) is 2.85. The first-order chi connectivity index (χ1) is 5.70. The molecule has 1 aromatic carbocycles. The van der Waals surface area contributed by atoms with Gasteiger partial charge in [-0.2, -0.15) is 5.10 Å². The van der Waals surface area contributed by atoms with E-state index in [1.165, 1.54) is 5.39 Å². The van der Waals surface area contributed by atoms with E-state index in [-0.39, 0.29) is 0 Å². The highest BCUT2D eigenvalue weighted by atomic mass is 79.9. The lowest BCUT2D eigenvalue weighted by atomic mass is 10.2. The summed E-state index contributed by atoms with van der Waals surface area (Å²) in [5.74, 6) is 0. The highest BCUT2D eigenvalue weighted by molar-refractivity contribution is 9.10. The number of benzene rings is 1. The topological polar surface area (TPSA) is 17.8 Å². The lowest BCUT2D eigenvalue weighted by Gasteiger charge is -1.95. The van der Waals surface area contributed by atoms with Gasteiger partial charge in [0.15, 0.2) is 0 Å². The Labute approximate surface area is 79.3 Å². The molecule has 2 nitrogen and oxygen atoms in total. The van der Waals surface area contributed by atoms with E-state index < -0.39 is 0 Å². The number of rotatable bonds is 0. The molecule has 0 N–H and O–H groups in total. The van der Waals surface area contributed by atoms with Gasteiger partial charge in [0.2, 0.25) is 0 Å². The molecule has 12 heavy (non-hydrogen) atoms. The monoisotopic (exact) mass is 224 g/mol. The van der Waals surface area contributed by atoms with Crippen LogP contribution in [0.3, 0.4) is 0 Å². The number of nitrogens with zero attached hydrogens (tertiary/aromatic N) is 2. The lowest BCUT2D eigenvalue weighted by Crippen LogP contribution is -1.89. The Morgan fingerprint density at radius 1 is 1.42 bits per heavy atom. The fraction of sp³-hybridized carbons (Fsp3) is 0.222. The summed E-state index contributed by atoms with van der Waals surface area (Å²) >= 11 is 3.50. The second kappa shape index (κ2) is 2.59. The van der Waals surface area contributed by atoms with E-state index in [0.29, 0.717) is 0 Å². The van der Waals surface area contributed by atoms with Crippen LogP contribution in [0.2, 0.25) is 0 Å². The Morgan fingerprint density at radius 2 is 2.17 bits per heavy atom. The Bertz CT molecular complexity index is 431. The van der Waals surface area contributed by atoms with E-state index in [9.17, 15) is 0 Å². The molecular formula is C9H9BrN2. The molecule has 0 amide bonds. The predicted octanol–water partition coefficient (Wildman–Crippen LogP) is 2.64. The van der Waals surface area contributed by atoms with Gasteiger partial charge in [0.1, 0.15) is 0 Å². The molecule has 0 spiro atoms. The molecule has 3 heteroatoms. The second-order valence-corrected chi connectivity index (χ2v) is 3.70. The van der Waals surface area contributed by atoms with E-state index >= 15 is 0 Å². The summed E-state index contributed by atoms with van der Waals surface area (Å²) in [5, 5.41) is 5.55. The molecule has 0 aliphatic rings. The zero-order valence-electron chi connectivity index (χ0n) is 7.00. The molecule has 0 bridgehead atoms. The van der Waals surface area contributed by atoms with Gasteiger partial charge in [0.25, 0.3) is 0 Å². The summed E-state index contributed by atoms with van der Waals surface area (Å²) in [6.07, 6.45) is 0. The first kappa shape index (κ1) is 7.80. The number of aromatic nitrogens is 2. The van der Waals surface area contributed by atoms with Crippen LogP contribution in [0.5, 0.6) is 0 Å². The van der Waals surface area contributed by atoms with E-state index in [4.69, 9.17) is 0 Å². The molecule has 62 valence electrons. The fourth-order valence-corrected chi connectivity index (χ4v) is 2.09. The molecule has 0 radical (unpaired) electrons. The van der Waals surface area contributed by atoms with Crippen LogP contribution in [0.25, 0.3) is 10.9 Å². The van der Waals surface area contributed by atoms with Crippen molar-refractivity contribution in [3.05, 3.63) is 28.4 Å². The van der Waals surface area contributed by atoms with Crippen molar-refractivity contribution >= 4 is 26.8 Å². The van der Waals surface area contributed by atoms with Gasteiger partial charge in [-0.25, -0.2) is 0 Å². The first-order valence-electron chi connectivity index (χ1n) is 3.78. The van der Waals surface area contributed by atoms with Gasteiger partial charge in [-0.15, -0.1) is 0 Å². The fourth-order valence-electron chi connectivity index (χ4n) is 1.47. The first-order valence-corrected chi connectivity index (χ1v) is 4.57. The molecule has 2 rings (SSSR count).